The average molecular weight is 1150 g/mol. The van der Waals surface area contributed by atoms with E-state index in [2.05, 4.69) is 0 Å². The lowest BCUT2D eigenvalue weighted by molar-refractivity contribution is -0.400. The van der Waals surface area contributed by atoms with Crippen LogP contribution < -0.4 is 0 Å². The van der Waals surface area contributed by atoms with Crippen LogP contribution in [0.25, 0.3) is 0 Å². The number of rotatable bonds is 19. The molecule has 0 aromatic rings. The predicted octanol–water partition coefficient (Wildman–Crippen LogP) is -16.3. The van der Waals surface area contributed by atoms with Gasteiger partial charge in [0, 0.05) is 0 Å². The van der Waals surface area contributed by atoms with E-state index in [1.54, 1.807) is 0 Å². The molecule has 0 aromatic heterocycles. The fourth-order valence-electron chi connectivity index (χ4n) is 9.97. The Labute approximate surface area is 439 Å². The second-order valence-electron chi connectivity index (χ2n) is 19.6. The van der Waals surface area contributed by atoms with Gasteiger partial charge in [-0.25, -0.2) is 0 Å². The summed E-state index contributed by atoms with van der Waals surface area (Å²) in [6, 6.07) is 0. The van der Waals surface area contributed by atoms with Crippen molar-refractivity contribution in [2.75, 3.05) is 46.2 Å². The first kappa shape index (κ1) is 64.1. The smallest absolute Gasteiger partial charge is 0.187 e. The number of aliphatic hydroxyl groups is 23. The normalized spacial score (nSPS) is 53.5. The van der Waals surface area contributed by atoms with Gasteiger partial charge in [-0.1, -0.05) is 0 Å². The quantitative estimate of drug-likeness (QED) is 0.0571. The van der Waals surface area contributed by atoms with E-state index in [1.807, 2.05) is 0 Å². The van der Waals surface area contributed by atoms with Crippen LogP contribution >= 0.6 is 0 Å². The molecule has 0 aliphatic carbocycles. The van der Waals surface area contributed by atoms with Crippen LogP contribution in [0.1, 0.15) is 0 Å². The van der Waals surface area contributed by atoms with Crippen LogP contribution in [0.2, 0.25) is 0 Å². The summed E-state index contributed by atoms with van der Waals surface area (Å²) < 4.78 is 72.0. The van der Waals surface area contributed by atoms with Crippen molar-refractivity contribution in [1.29, 1.82) is 0 Å². The van der Waals surface area contributed by atoms with Crippen molar-refractivity contribution in [3.63, 3.8) is 0 Å². The molecule has 0 saturated carbocycles. The number of hydrogen-bond donors (Lipinski definition) is 23. The van der Waals surface area contributed by atoms with Crippen molar-refractivity contribution in [3.05, 3.63) is 0 Å². The minimum atomic E-state index is -2.33. The molecule has 35 atom stereocenters. The van der Waals surface area contributed by atoms with Gasteiger partial charge in [0.25, 0.3) is 0 Å². The third kappa shape index (κ3) is 12.9. The van der Waals surface area contributed by atoms with Crippen molar-refractivity contribution in [2.24, 2.45) is 0 Å². The zero-order valence-corrected chi connectivity index (χ0v) is 40.8. The summed E-state index contributed by atoms with van der Waals surface area (Å²) in [7, 11) is 0. The van der Waals surface area contributed by atoms with E-state index in [0.29, 0.717) is 0 Å². The Morgan fingerprint density at radius 3 is 0.590 bits per heavy atom. The number of ether oxygens (including phenoxy) is 13. The highest BCUT2D eigenvalue weighted by molar-refractivity contribution is 5.01. The molecule has 7 aliphatic heterocycles. The summed E-state index contributed by atoms with van der Waals surface area (Å²) >= 11 is 0. The molecule has 7 heterocycles. The second-order valence-corrected chi connectivity index (χ2v) is 19.6. The molecule has 78 heavy (non-hydrogen) atoms. The highest BCUT2D eigenvalue weighted by Gasteiger charge is 2.59. The molecule has 0 spiro atoms. The maximum absolute atomic E-state index is 11.7. The van der Waals surface area contributed by atoms with Gasteiger partial charge in [0.2, 0.25) is 0 Å². The van der Waals surface area contributed by atoms with Gasteiger partial charge < -0.3 is 179 Å². The van der Waals surface area contributed by atoms with Crippen molar-refractivity contribution in [1.82, 2.24) is 0 Å². The molecule has 0 amide bonds. The van der Waals surface area contributed by atoms with Crippen LogP contribution in [0.5, 0.6) is 0 Å². The molecule has 7 rings (SSSR count). The molecular formula is C42H72O36. The number of hydrogen-bond acceptors (Lipinski definition) is 36. The number of aliphatic hydroxyl groups excluding tert-OH is 23. The zero-order valence-electron chi connectivity index (χ0n) is 40.8. The van der Waals surface area contributed by atoms with E-state index in [0.717, 1.165) is 0 Å². The standard InChI is InChI=1S/C42H72O36/c43-1-8-15(50)22(57)23(58)37(67-8)74-31-17(52)10(3-45)69-39(25(31)60)76-33-19(54)12(5-47)71-41(27(33)62)78-35-21(56)14(7-49)72-42(29(35)64)77-34-20(55)13(6-48)70-40(28(34)63)75-32-18(53)11(4-46)68-38(26(32)61)73-30-16(51)9(2-44)66-36(65)24(30)59/h8-65H,1-7H2/t8-,9-,10-,11-,12-,13-,14-,15-,16-,17-,18-,19-,20-,21-,22+,23-,24-,25-,26-,27-,28-,29-,30+,31+,32+,33+,34+,35+,36-,37+,38-,39-,40+,41+,42-/m1/s1. The van der Waals surface area contributed by atoms with Crippen molar-refractivity contribution in [2.45, 2.75) is 215 Å². The van der Waals surface area contributed by atoms with E-state index in [4.69, 9.17) is 61.6 Å². The van der Waals surface area contributed by atoms with Crippen LogP contribution in [0.3, 0.4) is 0 Å². The van der Waals surface area contributed by atoms with Crippen molar-refractivity contribution < 1.29 is 179 Å². The Kier molecular flexibility index (Phi) is 22.6. The molecule has 0 unspecified atom stereocenters. The lowest BCUT2D eigenvalue weighted by atomic mass is 9.95. The minimum Gasteiger partial charge on any atom is -0.394 e. The van der Waals surface area contributed by atoms with Crippen LogP contribution in [0, 0.1) is 0 Å². The first-order chi connectivity index (χ1) is 37.0. The molecule has 0 radical (unpaired) electrons. The lowest BCUT2D eigenvalue weighted by Crippen LogP contribution is -2.69. The van der Waals surface area contributed by atoms with E-state index in [9.17, 15) is 117 Å². The van der Waals surface area contributed by atoms with Crippen LogP contribution in [0.15, 0.2) is 0 Å². The fourth-order valence-corrected chi connectivity index (χ4v) is 9.97. The van der Waals surface area contributed by atoms with Gasteiger partial charge in [-0.2, -0.15) is 0 Å². The largest absolute Gasteiger partial charge is 0.394 e. The summed E-state index contributed by atoms with van der Waals surface area (Å²) in [6.45, 7) is -7.04. The summed E-state index contributed by atoms with van der Waals surface area (Å²) in [4.78, 5) is 0. The Balaban J connectivity index is 1.06. The summed E-state index contributed by atoms with van der Waals surface area (Å²) in [5.41, 5.74) is 0. The average Bonchev–Trinajstić information content (AvgIpc) is 3.48. The molecule has 36 nitrogen and oxygen atoms in total. The third-order valence-electron chi connectivity index (χ3n) is 14.5. The van der Waals surface area contributed by atoms with Gasteiger partial charge in [-0.05, 0) is 0 Å². The van der Waals surface area contributed by atoms with E-state index < -0.39 is 261 Å². The topological polar surface area (TPSA) is 585 Å². The highest BCUT2D eigenvalue weighted by atomic mass is 16.8. The Morgan fingerprint density at radius 1 is 0.192 bits per heavy atom. The van der Waals surface area contributed by atoms with Gasteiger partial charge in [0.05, 0.1) is 46.2 Å². The van der Waals surface area contributed by atoms with Gasteiger partial charge in [0.1, 0.15) is 171 Å². The van der Waals surface area contributed by atoms with E-state index in [-0.39, 0.29) is 0 Å². The molecular weight excluding hydrogens is 1080 g/mol. The fraction of sp³-hybridized carbons (Fsp3) is 1.00. The molecule has 36 heteroatoms. The maximum atomic E-state index is 11.7. The van der Waals surface area contributed by atoms with E-state index in [1.165, 1.54) is 0 Å². The van der Waals surface area contributed by atoms with Gasteiger partial charge in [-0.15, -0.1) is 0 Å². The summed E-state index contributed by atoms with van der Waals surface area (Å²) in [5, 5.41) is 246. The van der Waals surface area contributed by atoms with Crippen molar-refractivity contribution >= 4 is 0 Å². The van der Waals surface area contributed by atoms with Crippen LogP contribution in [-0.4, -0.2) is 379 Å². The third-order valence-corrected chi connectivity index (χ3v) is 14.5. The van der Waals surface area contributed by atoms with E-state index >= 15 is 0 Å². The highest BCUT2D eigenvalue weighted by Crippen LogP contribution is 2.38. The van der Waals surface area contributed by atoms with Crippen molar-refractivity contribution in [3.8, 4) is 0 Å². The molecule has 456 valence electrons. The maximum Gasteiger partial charge on any atom is 0.187 e. The van der Waals surface area contributed by atoms with Gasteiger partial charge in [-0.3, -0.25) is 0 Å². The summed E-state index contributed by atoms with van der Waals surface area (Å²) in [6.07, 6.45) is -70.1. The van der Waals surface area contributed by atoms with Gasteiger partial charge in [0.15, 0.2) is 44.0 Å². The SMILES string of the molecule is OC[C@H]1O[C@@H](O[C@@H]2[C@@H](O)[C@@H](O[C@@H]3[C@@H](O)[C@H](O[C@@H]4[C@@H](O)[C@@H](O[C@@H]5[C@@H](O)[C@H](O[C@@H]6[C@@H](O)[C@@H](O[C@@H]7[C@@H](O)[C@H](O)O[C@H](CO)[C@H]7O)O[C@H](CO)[C@H]6O)O[C@H](CO)[C@H]5O)O[C@H](CO)[C@H]4O)O[C@H](CO)[C@H]3O)O[C@H](CO)[C@H]2O)[C@H](O)[C@@H](O)[C@@H]1O. The zero-order chi connectivity index (χ0) is 57.3. The first-order valence-corrected chi connectivity index (χ1v) is 24.7. The molecule has 7 saturated heterocycles. The Bertz CT molecular complexity index is 1820. The second kappa shape index (κ2) is 27.5. The van der Waals surface area contributed by atoms with Crippen LogP contribution in [0.4, 0.5) is 0 Å². The predicted molar refractivity (Wildman–Crippen MR) is 232 cm³/mol. The molecule has 7 aliphatic rings. The molecule has 7 fully saturated rings. The first-order valence-electron chi connectivity index (χ1n) is 24.7. The summed E-state index contributed by atoms with van der Waals surface area (Å²) in [5.74, 6) is 0. The molecule has 0 bridgehead atoms. The minimum absolute atomic E-state index is 0.880. The Morgan fingerprint density at radius 2 is 0.372 bits per heavy atom. The monoisotopic (exact) mass is 1150 g/mol. The molecule has 0 aromatic carbocycles. The van der Waals surface area contributed by atoms with Gasteiger partial charge >= 0.3 is 0 Å². The lowest BCUT2D eigenvalue weighted by Gasteiger charge is -2.50. The van der Waals surface area contributed by atoms with Crippen LogP contribution in [-0.2, 0) is 61.6 Å². The Hall–Kier alpha value is -1.44. The molecule has 23 N–H and O–H groups in total.